The maximum atomic E-state index is 2.76. The normalized spacial score (nSPS) is 80.2. The van der Waals surface area contributed by atoms with Crippen LogP contribution in [-0.2, 0) is 0 Å². The fourth-order valence-corrected chi connectivity index (χ4v) is 2.57. The minimum atomic E-state index is 0.918. The summed E-state index contributed by atoms with van der Waals surface area (Å²) in [6, 6.07) is 2.23. The maximum absolute atomic E-state index is 2.76. The SMILES string of the molecule is C1CC1N1C2C3CC321. The fraction of sp³-hybridized carbons (Fsp3) is 1.00. The molecule has 42 valence electrons. The summed E-state index contributed by atoms with van der Waals surface area (Å²) in [4.78, 5) is 2.76. The number of hydrogen-bond donors (Lipinski definition) is 0. The van der Waals surface area contributed by atoms with Crippen LogP contribution >= 0.6 is 0 Å². The molecule has 1 saturated heterocycles. The van der Waals surface area contributed by atoms with E-state index < -0.39 is 0 Å². The Morgan fingerprint density at radius 2 is 2.12 bits per heavy atom. The number of nitrogens with zero attached hydrogens (tertiary/aromatic N) is 1. The van der Waals surface area contributed by atoms with Crippen LogP contribution in [0.15, 0.2) is 0 Å². The summed E-state index contributed by atoms with van der Waals surface area (Å²) in [6.45, 7) is 0. The van der Waals surface area contributed by atoms with Crippen molar-refractivity contribution in [2.24, 2.45) is 5.92 Å². The van der Waals surface area contributed by atoms with Crippen molar-refractivity contribution in [3.8, 4) is 0 Å². The minimum Gasteiger partial charge on any atom is -0.288 e. The molecular weight excluding hydrogens is 98.1 g/mol. The molecule has 3 aliphatic carbocycles. The number of rotatable bonds is 1. The summed E-state index contributed by atoms with van der Waals surface area (Å²) in [5.74, 6) is 1.23. The second kappa shape index (κ2) is 0.563. The van der Waals surface area contributed by atoms with Gasteiger partial charge in [-0.2, -0.15) is 0 Å². The van der Waals surface area contributed by atoms with Crippen molar-refractivity contribution < 1.29 is 0 Å². The van der Waals surface area contributed by atoms with Gasteiger partial charge in [-0.3, -0.25) is 4.90 Å². The summed E-state index contributed by atoms with van der Waals surface area (Å²) >= 11 is 0. The van der Waals surface area contributed by atoms with E-state index in [4.69, 9.17) is 0 Å². The Hall–Kier alpha value is -0.0400. The molecule has 4 atom stereocenters. The Balaban J connectivity index is 1.74. The van der Waals surface area contributed by atoms with Crippen LogP contribution in [0.25, 0.3) is 0 Å². The highest BCUT2D eigenvalue weighted by atomic mass is 15.6. The summed E-state index contributed by atoms with van der Waals surface area (Å²) < 4.78 is 0. The largest absolute Gasteiger partial charge is 0.288 e. The van der Waals surface area contributed by atoms with E-state index in [1.807, 2.05) is 0 Å². The van der Waals surface area contributed by atoms with Gasteiger partial charge < -0.3 is 0 Å². The van der Waals surface area contributed by atoms with Gasteiger partial charge in [-0.25, -0.2) is 0 Å². The molecule has 0 radical (unpaired) electrons. The predicted octanol–water partition coefficient (Wildman–Crippen LogP) is 0.605. The summed E-state index contributed by atoms with van der Waals surface area (Å²) in [5, 5.41) is 0. The molecule has 4 unspecified atom stereocenters. The topological polar surface area (TPSA) is 3.01 Å². The van der Waals surface area contributed by atoms with Gasteiger partial charge in [-0.1, -0.05) is 0 Å². The molecule has 1 heteroatoms. The van der Waals surface area contributed by atoms with Crippen molar-refractivity contribution in [3.05, 3.63) is 0 Å². The first-order valence-electron chi connectivity index (χ1n) is 3.73. The maximum Gasteiger partial charge on any atom is 0.0423 e. The fourth-order valence-electron chi connectivity index (χ4n) is 2.57. The predicted molar refractivity (Wildman–Crippen MR) is 29.5 cm³/mol. The molecule has 0 N–H and O–H groups in total. The molecule has 1 nitrogen and oxygen atoms in total. The van der Waals surface area contributed by atoms with E-state index in [0.717, 1.165) is 17.6 Å². The van der Waals surface area contributed by atoms with Crippen molar-refractivity contribution in [1.82, 2.24) is 4.90 Å². The van der Waals surface area contributed by atoms with Gasteiger partial charge in [0.15, 0.2) is 0 Å². The zero-order valence-corrected chi connectivity index (χ0v) is 4.80. The lowest BCUT2D eigenvalue weighted by Crippen LogP contribution is -2.11. The third-order valence-electron chi connectivity index (χ3n) is 3.47. The molecule has 0 amide bonds. The molecule has 1 aliphatic heterocycles. The third kappa shape index (κ3) is 0.144. The average Bonchev–Trinajstić information content (AvgIpc) is 2.39. The van der Waals surface area contributed by atoms with Crippen molar-refractivity contribution in [2.75, 3.05) is 0 Å². The first-order chi connectivity index (χ1) is 3.94. The summed E-state index contributed by atoms with van der Waals surface area (Å²) in [5.41, 5.74) is 0.918. The zero-order valence-electron chi connectivity index (χ0n) is 4.80. The average molecular weight is 107 g/mol. The van der Waals surface area contributed by atoms with Crippen LogP contribution in [0.3, 0.4) is 0 Å². The third-order valence-corrected chi connectivity index (χ3v) is 3.47. The molecule has 4 aliphatic rings. The second-order valence-electron chi connectivity index (χ2n) is 3.89. The first kappa shape index (κ1) is 3.21. The monoisotopic (exact) mass is 107 g/mol. The molecule has 4 rings (SSSR count). The van der Waals surface area contributed by atoms with Gasteiger partial charge in [0.25, 0.3) is 0 Å². The van der Waals surface area contributed by atoms with E-state index in [2.05, 4.69) is 4.90 Å². The standard InChI is InChI=1S/C7H9N/c1-2-4(1)8-6-5-3-7(5,6)8/h4-6H,1-3H2. The smallest absolute Gasteiger partial charge is 0.0423 e. The van der Waals surface area contributed by atoms with E-state index in [1.165, 1.54) is 18.8 Å². The Labute approximate surface area is 48.7 Å². The van der Waals surface area contributed by atoms with E-state index in [9.17, 15) is 0 Å². The van der Waals surface area contributed by atoms with Crippen molar-refractivity contribution in [1.29, 1.82) is 0 Å². The van der Waals surface area contributed by atoms with Crippen LogP contribution < -0.4 is 0 Å². The number of fused-ring (bicyclic) bond motifs is 1. The quantitative estimate of drug-likeness (QED) is 0.443. The number of likely N-dealkylation sites (tertiary alicyclic amines) is 1. The second-order valence-corrected chi connectivity index (χ2v) is 3.89. The van der Waals surface area contributed by atoms with Crippen LogP contribution in [0.4, 0.5) is 0 Å². The molecule has 1 spiro atoms. The molecule has 8 heavy (non-hydrogen) atoms. The van der Waals surface area contributed by atoms with Crippen LogP contribution in [0.1, 0.15) is 19.3 Å². The Kier molecular flexibility index (Phi) is 0.226. The number of hydrogen-bond acceptors (Lipinski definition) is 1. The molecule has 0 aromatic heterocycles. The van der Waals surface area contributed by atoms with Gasteiger partial charge in [0.1, 0.15) is 0 Å². The van der Waals surface area contributed by atoms with Crippen LogP contribution in [0, 0.1) is 5.92 Å². The van der Waals surface area contributed by atoms with Gasteiger partial charge in [0.05, 0.1) is 0 Å². The highest BCUT2D eigenvalue weighted by Gasteiger charge is 2.98. The Morgan fingerprint density at radius 3 is 2.50 bits per heavy atom. The molecular formula is C7H9N. The van der Waals surface area contributed by atoms with Gasteiger partial charge >= 0.3 is 0 Å². The van der Waals surface area contributed by atoms with Gasteiger partial charge in [0, 0.05) is 17.6 Å². The molecule has 3 saturated carbocycles. The zero-order chi connectivity index (χ0) is 4.93. The lowest BCUT2D eigenvalue weighted by atomic mass is 10.4. The molecule has 4 fully saturated rings. The molecule has 0 aromatic carbocycles. The minimum absolute atomic E-state index is 0.918. The lowest BCUT2D eigenvalue weighted by Gasteiger charge is -2.01. The highest BCUT2D eigenvalue weighted by Crippen LogP contribution is 2.88. The van der Waals surface area contributed by atoms with Crippen LogP contribution in [0.5, 0.6) is 0 Å². The molecule has 1 heterocycles. The van der Waals surface area contributed by atoms with E-state index in [0.29, 0.717) is 0 Å². The highest BCUT2D eigenvalue weighted by molar-refractivity contribution is 5.54. The van der Waals surface area contributed by atoms with Crippen molar-refractivity contribution in [3.63, 3.8) is 0 Å². The van der Waals surface area contributed by atoms with E-state index in [-0.39, 0.29) is 0 Å². The van der Waals surface area contributed by atoms with Gasteiger partial charge in [0.2, 0.25) is 0 Å². The van der Waals surface area contributed by atoms with Gasteiger partial charge in [-0.15, -0.1) is 0 Å². The van der Waals surface area contributed by atoms with Crippen molar-refractivity contribution in [2.45, 2.75) is 36.9 Å². The molecule has 0 aromatic rings. The summed E-state index contributed by atoms with van der Waals surface area (Å²) in [7, 11) is 0. The lowest BCUT2D eigenvalue weighted by molar-refractivity contribution is 0.398. The molecule has 0 bridgehead atoms. The van der Waals surface area contributed by atoms with E-state index >= 15 is 0 Å². The first-order valence-corrected chi connectivity index (χ1v) is 3.73. The summed E-state index contributed by atoms with van der Waals surface area (Å²) in [6.07, 6.45) is 4.62. The van der Waals surface area contributed by atoms with Crippen LogP contribution in [0.2, 0.25) is 0 Å². The Bertz CT molecular complexity index is 183. The Morgan fingerprint density at radius 1 is 1.38 bits per heavy atom. The van der Waals surface area contributed by atoms with Crippen molar-refractivity contribution >= 4 is 0 Å². The van der Waals surface area contributed by atoms with Crippen LogP contribution in [-0.4, -0.2) is 22.5 Å². The van der Waals surface area contributed by atoms with E-state index in [1.54, 1.807) is 6.42 Å². The van der Waals surface area contributed by atoms with Gasteiger partial charge in [-0.05, 0) is 25.2 Å².